The highest BCUT2D eigenvalue weighted by atomic mass is 32.1. The smallest absolute Gasteiger partial charge is 0.265 e. The van der Waals surface area contributed by atoms with E-state index in [2.05, 4.69) is 15.5 Å². The van der Waals surface area contributed by atoms with Crippen LogP contribution >= 0.6 is 11.3 Å². The number of anilines is 1. The van der Waals surface area contributed by atoms with Crippen LogP contribution in [0.1, 0.15) is 15.2 Å². The molecule has 0 saturated heterocycles. The molecule has 0 spiro atoms. The fourth-order valence-electron chi connectivity index (χ4n) is 1.81. The van der Waals surface area contributed by atoms with Gasteiger partial charge in [-0.2, -0.15) is 5.10 Å². The number of thiophene rings is 1. The molecule has 3 aromatic rings. The Bertz CT molecular complexity index is 714. The van der Waals surface area contributed by atoms with Gasteiger partial charge in [-0.15, -0.1) is 11.3 Å². The molecule has 90 valence electrons. The second-order valence-corrected chi connectivity index (χ2v) is 4.98. The number of hydrogen-bond donors (Lipinski definition) is 2. The number of benzene rings is 1. The third kappa shape index (κ3) is 1.89. The third-order valence-electron chi connectivity index (χ3n) is 2.77. The van der Waals surface area contributed by atoms with Crippen molar-refractivity contribution in [2.45, 2.75) is 6.92 Å². The molecule has 0 aliphatic heterocycles. The molecule has 1 aromatic carbocycles. The van der Waals surface area contributed by atoms with Gasteiger partial charge in [-0.1, -0.05) is 0 Å². The summed E-state index contributed by atoms with van der Waals surface area (Å²) in [6.07, 6.45) is 1.74. The van der Waals surface area contributed by atoms with Crippen LogP contribution in [0.2, 0.25) is 0 Å². The third-order valence-corrected chi connectivity index (χ3v) is 3.78. The molecule has 0 saturated carbocycles. The Kier molecular flexibility index (Phi) is 2.60. The average molecular weight is 257 g/mol. The second kappa shape index (κ2) is 4.27. The molecule has 4 nitrogen and oxygen atoms in total. The lowest BCUT2D eigenvalue weighted by molar-refractivity contribution is 0.103. The minimum Gasteiger partial charge on any atom is -0.321 e. The molecule has 2 aromatic heterocycles. The van der Waals surface area contributed by atoms with Gasteiger partial charge in [-0.3, -0.25) is 9.89 Å². The van der Waals surface area contributed by atoms with Crippen molar-refractivity contribution >= 4 is 33.8 Å². The van der Waals surface area contributed by atoms with E-state index >= 15 is 0 Å². The van der Waals surface area contributed by atoms with E-state index in [4.69, 9.17) is 0 Å². The predicted octanol–water partition coefficient (Wildman–Crippen LogP) is 3.19. The van der Waals surface area contributed by atoms with Crippen molar-refractivity contribution in [3.8, 4) is 0 Å². The summed E-state index contributed by atoms with van der Waals surface area (Å²) in [5.74, 6) is -0.0645. The lowest BCUT2D eigenvalue weighted by Crippen LogP contribution is -2.11. The van der Waals surface area contributed by atoms with Gasteiger partial charge in [0.15, 0.2) is 0 Å². The number of nitrogens with one attached hydrogen (secondary N) is 2. The van der Waals surface area contributed by atoms with Gasteiger partial charge in [0.25, 0.3) is 5.91 Å². The van der Waals surface area contributed by atoms with Gasteiger partial charge in [0.05, 0.1) is 16.6 Å². The van der Waals surface area contributed by atoms with Crippen molar-refractivity contribution in [2.75, 3.05) is 5.32 Å². The van der Waals surface area contributed by atoms with Gasteiger partial charge >= 0.3 is 0 Å². The quantitative estimate of drug-likeness (QED) is 0.740. The van der Waals surface area contributed by atoms with Gasteiger partial charge in [-0.25, -0.2) is 0 Å². The minimum atomic E-state index is -0.0645. The first-order valence-electron chi connectivity index (χ1n) is 5.52. The molecule has 3 rings (SSSR count). The van der Waals surface area contributed by atoms with E-state index in [0.29, 0.717) is 0 Å². The fraction of sp³-hybridized carbons (Fsp3) is 0.0769. The molecule has 0 fully saturated rings. The van der Waals surface area contributed by atoms with Crippen molar-refractivity contribution in [1.29, 1.82) is 0 Å². The Morgan fingerprint density at radius 3 is 3.06 bits per heavy atom. The van der Waals surface area contributed by atoms with E-state index in [9.17, 15) is 4.79 Å². The first kappa shape index (κ1) is 11.0. The number of rotatable bonds is 2. The lowest BCUT2D eigenvalue weighted by atomic mass is 10.2. The zero-order valence-corrected chi connectivity index (χ0v) is 10.5. The van der Waals surface area contributed by atoms with Crippen LogP contribution in [0.3, 0.4) is 0 Å². The molecule has 2 N–H and O–H groups in total. The molecule has 0 radical (unpaired) electrons. The summed E-state index contributed by atoms with van der Waals surface area (Å²) in [6, 6.07) is 7.61. The van der Waals surface area contributed by atoms with Gasteiger partial charge < -0.3 is 5.32 Å². The van der Waals surface area contributed by atoms with Crippen LogP contribution in [0.25, 0.3) is 10.9 Å². The molecule has 0 aliphatic rings. The molecule has 2 heterocycles. The summed E-state index contributed by atoms with van der Waals surface area (Å²) in [5.41, 5.74) is 2.74. The van der Waals surface area contributed by atoms with E-state index in [-0.39, 0.29) is 5.91 Å². The van der Waals surface area contributed by atoms with E-state index < -0.39 is 0 Å². The zero-order valence-electron chi connectivity index (χ0n) is 9.73. The monoisotopic (exact) mass is 257 g/mol. The molecule has 0 atom stereocenters. The van der Waals surface area contributed by atoms with Gasteiger partial charge in [-0.05, 0) is 42.1 Å². The largest absolute Gasteiger partial charge is 0.321 e. The van der Waals surface area contributed by atoms with Gasteiger partial charge in [0, 0.05) is 11.1 Å². The van der Waals surface area contributed by atoms with Crippen LogP contribution in [-0.2, 0) is 0 Å². The summed E-state index contributed by atoms with van der Waals surface area (Å²) in [7, 11) is 0. The molecular weight excluding hydrogens is 246 g/mol. The summed E-state index contributed by atoms with van der Waals surface area (Å²) >= 11 is 1.45. The van der Waals surface area contributed by atoms with E-state index in [1.165, 1.54) is 11.3 Å². The average Bonchev–Trinajstić information content (AvgIpc) is 2.96. The van der Waals surface area contributed by atoms with E-state index in [0.717, 1.165) is 27.0 Å². The number of aromatic nitrogens is 2. The number of aryl methyl sites for hydroxylation is 1. The fourth-order valence-corrected chi connectivity index (χ4v) is 2.63. The van der Waals surface area contributed by atoms with Crippen LogP contribution in [0.5, 0.6) is 0 Å². The number of carbonyl (C=O) groups is 1. The first-order chi connectivity index (χ1) is 8.74. The Morgan fingerprint density at radius 2 is 2.28 bits per heavy atom. The Balaban J connectivity index is 1.88. The normalized spacial score (nSPS) is 10.7. The number of H-pyrrole nitrogens is 1. The lowest BCUT2D eigenvalue weighted by Gasteiger charge is -2.04. The predicted molar refractivity (Wildman–Crippen MR) is 73.1 cm³/mol. The van der Waals surface area contributed by atoms with Gasteiger partial charge in [0.1, 0.15) is 0 Å². The maximum Gasteiger partial charge on any atom is 0.265 e. The minimum absolute atomic E-state index is 0.0645. The molecule has 5 heteroatoms. The van der Waals surface area contributed by atoms with Crippen LogP contribution in [0, 0.1) is 6.92 Å². The standard InChI is InChI=1S/C13H11N3OS/c1-8-4-5-18-12(8)13(17)15-10-2-3-11-9(6-10)7-14-16-11/h2-7H,1H3,(H,14,16)(H,15,17). The van der Waals surface area contributed by atoms with Crippen molar-refractivity contribution in [3.63, 3.8) is 0 Å². The Morgan fingerprint density at radius 1 is 1.39 bits per heavy atom. The van der Waals surface area contributed by atoms with Crippen LogP contribution < -0.4 is 5.32 Å². The second-order valence-electron chi connectivity index (χ2n) is 4.06. The molecule has 1 amide bonds. The number of carbonyl (C=O) groups excluding carboxylic acids is 1. The molecule has 18 heavy (non-hydrogen) atoms. The number of fused-ring (bicyclic) bond motifs is 1. The SMILES string of the molecule is Cc1ccsc1C(=O)Nc1ccc2[nH]ncc2c1. The maximum atomic E-state index is 12.0. The van der Waals surface area contributed by atoms with E-state index in [1.54, 1.807) is 6.20 Å². The number of amides is 1. The number of nitrogens with zero attached hydrogens (tertiary/aromatic N) is 1. The van der Waals surface area contributed by atoms with Crippen molar-refractivity contribution < 1.29 is 4.79 Å². The van der Waals surface area contributed by atoms with Crippen molar-refractivity contribution in [3.05, 3.63) is 46.3 Å². The first-order valence-corrected chi connectivity index (χ1v) is 6.40. The summed E-state index contributed by atoms with van der Waals surface area (Å²) in [6.45, 7) is 1.94. The molecule has 0 aliphatic carbocycles. The van der Waals surface area contributed by atoms with Crippen LogP contribution in [0.15, 0.2) is 35.8 Å². The summed E-state index contributed by atoms with van der Waals surface area (Å²) in [4.78, 5) is 12.8. The topological polar surface area (TPSA) is 57.8 Å². The number of aromatic amines is 1. The molecule has 0 bridgehead atoms. The highest BCUT2D eigenvalue weighted by Gasteiger charge is 2.10. The van der Waals surface area contributed by atoms with Gasteiger partial charge in [0.2, 0.25) is 0 Å². The van der Waals surface area contributed by atoms with E-state index in [1.807, 2.05) is 36.6 Å². The summed E-state index contributed by atoms with van der Waals surface area (Å²) in [5, 5.41) is 12.6. The summed E-state index contributed by atoms with van der Waals surface area (Å²) < 4.78 is 0. The highest BCUT2D eigenvalue weighted by Crippen LogP contribution is 2.20. The van der Waals surface area contributed by atoms with Crippen LogP contribution in [0.4, 0.5) is 5.69 Å². The van der Waals surface area contributed by atoms with Crippen LogP contribution in [-0.4, -0.2) is 16.1 Å². The van der Waals surface area contributed by atoms with Crippen molar-refractivity contribution in [2.24, 2.45) is 0 Å². The maximum absolute atomic E-state index is 12.0. The van der Waals surface area contributed by atoms with Crippen molar-refractivity contribution in [1.82, 2.24) is 10.2 Å². The Labute approximate surface area is 108 Å². The number of hydrogen-bond acceptors (Lipinski definition) is 3. The molecular formula is C13H11N3OS. The highest BCUT2D eigenvalue weighted by molar-refractivity contribution is 7.12. The molecule has 0 unspecified atom stereocenters. The Hall–Kier alpha value is -2.14. The zero-order chi connectivity index (χ0) is 12.5.